The van der Waals surface area contributed by atoms with Gasteiger partial charge >= 0.3 is 0 Å². The molecule has 1 heterocycles. The summed E-state index contributed by atoms with van der Waals surface area (Å²) in [6.07, 6.45) is 14.1. The number of halogens is 4. The summed E-state index contributed by atoms with van der Waals surface area (Å²) < 4.78 is 71.6. The fraction of sp³-hybridized carbons (Fsp3) is 0.500. The molecule has 1 fully saturated rings. The minimum Gasteiger partial charge on any atom is -0.490 e. The molecule has 6 heteroatoms. The Hall–Kier alpha value is -2.60. The van der Waals surface area contributed by atoms with Crippen LogP contribution in [0.3, 0.4) is 0 Å². The highest BCUT2D eigenvalue weighted by Crippen LogP contribution is 2.47. The van der Waals surface area contributed by atoms with Crippen LogP contribution in [-0.2, 0) is 11.2 Å². The van der Waals surface area contributed by atoms with Gasteiger partial charge in [0.15, 0.2) is 23.2 Å². The third kappa shape index (κ3) is 5.29. The molecule has 2 aliphatic carbocycles. The summed E-state index contributed by atoms with van der Waals surface area (Å²) in [6.45, 7) is 4.99. The molecule has 2 nitrogen and oxygen atoms in total. The number of rotatable bonds is 8. The molecule has 0 saturated heterocycles. The molecule has 0 aromatic heterocycles. The van der Waals surface area contributed by atoms with Crippen LogP contribution in [0.15, 0.2) is 35.9 Å². The first-order valence-electron chi connectivity index (χ1n) is 14.0. The summed E-state index contributed by atoms with van der Waals surface area (Å²) in [5.41, 5.74) is 2.33. The van der Waals surface area contributed by atoms with Crippen LogP contribution in [0.2, 0.25) is 0 Å². The van der Waals surface area contributed by atoms with Crippen molar-refractivity contribution in [1.29, 1.82) is 0 Å². The van der Waals surface area contributed by atoms with E-state index in [2.05, 4.69) is 25.2 Å². The van der Waals surface area contributed by atoms with Crippen LogP contribution in [0, 0.1) is 29.2 Å². The molecular weight excluding hydrogens is 492 g/mol. The monoisotopic (exact) mass is 528 g/mol. The lowest BCUT2D eigenvalue weighted by Gasteiger charge is -2.28. The second-order valence-electron chi connectivity index (χ2n) is 10.9. The van der Waals surface area contributed by atoms with Gasteiger partial charge in [-0.25, -0.2) is 13.2 Å². The minimum absolute atomic E-state index is 0.0985. The van der Waals surface area contributed by atoms with Gasteiger partial charge in [0.2, 0.25) is 5.82 Å². The first kappa shape index (κ1) is 27.0. The zero-order chi connectivity index (χ0) is 26.8. The molecule has 204 valence electrons. The van der Waals surface area contributed by atoms with Gasteiger partial charge < -0.3 is 9.47 Å². The molecule has 1 unspecified atom stereocenters. The van der Waals surface area contributed by atoms with Crippen molar-refractivity contribution < 1.29 is 27.0 Å². The van der Waals surface area contributed by atoms with Crippen molar-refractivity contribution in [1.82, 2.24) is 0 Å². The van der Waals surface area contributed by atoms with Crippen LogP contribution < -0.4 is 4.74 Å². The predicted molar refractivity (Wildman–Crippen MR) is 141 cm³/mol. The predicted octanol–water partition coefficient (Wildman–Crippen LogP) is 8.95. The molecule has 1 atom stereocenters. The van der Waals surface area contributed by atoms with Gasteiger partial charge in [-0.3, -0.25) is 0 Å². The summed E-state index contributed by atoms with van der Waals surface area (Å²) >= 11 is 0. The van der Waals surface area contributed by atoms with E-state index < -0.39 is 23.3 Å². The van der Waals surface area contributed by atoms with E-state index in [4.69, 9.17) is 9.47 Å². The van der Waals surface area contributed by atoms with Gasteiger partial charge in [-0.1, -0.05) is 44.6 Å². The van der Waals surface area contributed by atoms with Crippen molar-refractivity contribution in [2.45, 2.75) is 83.7 Å². The van der Waals surface area contributed by atoms with E-state index in [-0.39, 0.29) is 41.9 Å². The van der Waals surface area contributed by atoms with E-state index in [9.17, 15) is 8.78 Å². The highest BCUT2D eigenvalue weighted by Gasteiger charge is 2.34. The quantitative estimate of drug-likeness (QED) is 0.215. The second kappa shape index (κ2) is 11.6. The maximum Gasteiger partial charge on any atom is 0.201 e. The van der Waals surface area contributed by atoms with E-state index in [0.717, 1.165) is 44.9 Å². The van der Waals surface area contributed by atoms with E-state index in [1.807, 2.05) is 6.92 Å². The lowest BCUT2D eigenvalue weighted by molar-refractivity contribution is 0.0932. The first-order chi connectivity index (χ1) is 18.4. The molecule has 0 amide bonds. The van der Waals surface area contributed by atoms with Crippen molar-refractivity contribution in [3.8, 4) is 16.9 Å². The van der Waals surface area contributed by atoms with Crippen LogP contribution in [0.1, 0.15) is 87.8 Å². The van der Waals surface area contributed by atoms with Crippen molar-refractivity contribution in [2.75, 3.05) is 13.2 Å². The van der Waals surface area contributed by atoms with Crippen molar-refractivity contribution >= 4 is 0 Å². The Kier molecular flexibility index (Phi) is 8.27. The zero-order valence-electron chi connectivity index (χ0n) is 22.2. The third-order valence-corrected chi connectivity index (χ3v) is 8.17. The Morgan fingerprint density at radius 1 is 0.868 bits per heavy atom. The summed E-state index contributed by atoms with van der Waals surface area (Å²) in [7, 11) is 0. The Morgan fingerprint density at radius 2 is 1.58 bits per heavy atom. The fourth-order valence-electron chi connectivity index (χ4n) is 6.15. The molecule has 1 saturated carbocycles. The van der Waals surface area contributed by atoms with Gasteiger partial charge in [0.05, 0.1) is 19.3 Å². The number of fused-ring (bicyclic) bond motifs is 3. The highest BCUT2D eigenvalue weighted by molar-refractivity contribution is 5.79. The molecule has 0 spiro atoms. The summed E-state index contributed by atoms with van der Waals surface area (Å²) in [5.74, 6) is -4.24. The van der Waals surface area contributed by atoms with Gasteiger partial charge in [-0.05, 0) is 91.5 Å². The molecule has 3 aliphatic rings. The topological polar surface area (TPSA) is 18.5 Å². The average molecular weight is 529 g/mol. The number of hydrogen-bond acceptors (Lipinski definition) is 2. The van der Waals surface area contributed by atoms with Crippen LogP contribution in [-0.4, -0.2) is 19.3 Å². The number of hydrogen-bond donors (Lipinski definition) is 0. The van der Waals surface area contributed by atoms with E-state index in [1.165, 1.54) is 11.6 Å². The van der Waals surface area contributed by atoms with E-state index >= 15 is 8.78 Å². The van der Waals surface area contributed by atoms with Crippen molar-refractivity contribution in [2.24, 2.45) is 5.92 Å². The Labute approximate surface area is 222 Å². The van der Waals surface area contributed by atoms with E-state index in [0.29, 0.717) is 35.6 Å². The zero-order valence-corrected chi connectivity index (χ0v) is 22.2. The SMILES string of the molecule is CCCOc1cc2c(c(F)c1F)-c1c(cc(C3CCC(/C=C/C4CC=C(CCC)CO4)CC3)c(F)c1F)C2. The van der Waals surface area contributed by atoms with Crippen LogP contribution in [0.5, 0.6) is 5.75 Å². The van der Waals surface area contributed by atoms with Gasteiger partial charge in [0.25, 0.3) is 0 Å². The first-order valence-corrected chi connectivity index (χ1v) is 14.0. The number of benzene rings is 2. The molecular formula is C32H36F4O2. The van der Waals surface area contributed by atoms with Gasteiger partial charge in [0, 0.05) is 11.1 Å². The van der Waals surface area contributed by atoms with Crippen molar-refractivity contribution in [3.63, 3.8) is 0 Å². The van der Waals surface area contributed by atoms with Crippen LogP contribution in [0.4, 0.5) is 17.6 Å². The summed E-state index contributed by atoms with van der Waals surface area (Å²) in [5, 5.41) is 0. The lowest BCUT2D eigenvalue weighted by atomic mass is 9.77. The van der Waals surface area contributed by atoms with Crippen molar-refractivity contribution in [3.05, 3.63) is 75.9 Å². The van der Waals surface area contributed by atoms with Gasteiger partial charge in [-0.2, -0.15) is 4.39 Å². The molecule has 2 aromatic carbocycles. The number of ether oxygens (including phenoxy) is 2. The smallest absolute Gasteiger partial charge is 0.201 e. The molecule has 5 rings (SSSR count). The molecule has 0 radical (unpaired) electrons. The average Bonchev–Trinajstić information content (AvgIpc) is 3.30. The minimum atomic E-state index is -1.18. The normalized spacial score (nSPS) is 22.9. The lowest BCUT2D eigenvalue weighted by Crippen LogP contribution is -2.18. The Morgan fingerprint density at radius 3 is 2.24 bits per heavy atom. The van der Waals surface area contributed by atoms with Crippen LogP contribution >= 0.6 is 0 Å². The molecule has 2 aromatic rings. The molecule has 38 heavy (non-hydrogen) atoms. The third-order valence-electron chi connectivity index (χ3n) is 8.17. The second-order valence-corrected chi connectivity index (χ2v) is 10.9. The Bertz CT molecular complexity index is 1240. The molecule has 1 aliphatic heterocycles. The summed E-state index contributed by atoms with van der Waals surface area (Å²) in [4.78, 5) is 0. The standard InChI is InChI=1S/C32H36F4O2/c1-3-5-20-9-13-24(38-18-20)12-8-19-6-10-21(11-7-19)25-16-22-15-23-17-26(37-14-4-2)30(34)32(36)28(23)27(22)31(35)29(25)33/h8-9,12,16-17,19,21,24H,3-7,10-11,13-15,18H2,1-2H3/b12-8+. The maximum absolute atomic E-state index is 15.4. The molecule has 0 N–H and O–H groups in total. The largest absolute Gasteiger partial charge is 0.490 e. The fourth-order valence-corrected chi connectivity index (χ4v) is 6.15. The summed E-state index contributed by atoms with van der Waals surface area (Å²) in [6, 6.07) is 3.10. The Balaban J connectivity index is 1.28. The number of allylic oxidation sites excluding steroid dienone is 1. The maximum atomic E-state index is 15.4. The van der Waals surface area contributed by atoms with Crippen LogP contribution in [0.25, 0.3) is 11.1 Å². The van der Waals surface area contributed by atoms with Gasteiger partial charge in [0.1, 0.15) is 0 Å². The van der Waals surface area contributed by atoms with E-state index in [1.54, 1.807) is 6.07 Å². The van der Waals surface area contributed by atoms with Gasteiger partial charge in [-0.15, -0.1) is 0 Å². The molecule has 0 bridgehead atoms. The highest BCUT2D eigenvalue weighted by atomic mass is 19.2.